The molecule has 2 saturated carbocycles. The average Bonchev–Trinajstić information content (AvgIpc) is 3.02. The normalized spacial score (nSPS) is 42.4. The SMILES string of the molecule is C=C(C)C(=O)NCCOC(=O)COC1(C)C2(C)CC3C(C2C)C1(C)OS3(=O)=O. The van der Waals surface area contributed by atoms with Gasteiger partial charge < -0.3 is 14.8 Å². The molecule has 1 N–H and O–H groups in total. The van der Waals surface area contributed by atoms with E-state index in [1.807, 2.05) is 20.8 Å². The van der Waals surface area contributed by atoms with Crippen LogP contribution in [0, 0.1) is 17.3 Å². The van der Waals surface area contributed by atoms with Crippen LogP contribution in [-0.4, -0.2) is 56.5 Å². The van der Waals surface area contributed by atoms with Gasteiger partial charge >= 0.3 is 5.97 Å². The maximum atomic E-state index is 12.5. The van der Waals surface area contributed by atoms with E-state index in [0.29, 0.717) is 12.0 Å². The van der Waals surface area contributed by atoms with Gasteiger partial charge in [0.25, 0.3) is 10.1 Å². The lowest BCUT2D eigenvalue weighted by atomic mass is 9.66. The fourth-order valence-electron chi connectivity index (χ4n) is 5.55. The Morgan fingerprint density at radius 3 is 2.54 bits per heavy atom. The van der Waals surface area contributed by atoms with E-state index in [1.54, 1.807) is 13.8 Å². The van der Waals surface area contributed by atoms with Crippen molar-refractivity contribution in [2.24, 2.45) is 17.3 Å². The van der Waals surface area contributed by atoms with Gasteiger partial charge in [-0.2, -0.15) is 8.42 Å². The Bertz CT molecular complexity index is 824. The smallest absolute Gasteiger partial charge is 0.332 e. The number of fused-ring (bicyclic) bond motifs is 1. The molecule has 3 fully saturated rings. The summed E-state index contributed by atoms with van der Waals surface area (Å²) in [7, 11) is -3.65. The predicted molar refractivity (Wildman–Crippen MR) is 101 cm³/mol. The van der Waals surface area contributed by atoms with Crippen LogP contribution in [0.1, 0.15) is 41.0 Å². The van der Waals surface area contributed by atoms with Crippen LogP contribution in [0.25, 0.3) is 0 Å². The molecule has 2 aliphatic carbocycles. The number of rotatable bonds is 7. The molecule has 6 unspecified atom stereocenters. The molecule has 28 heavy (non-hydrogen) atoms. The van der Waals surface area contributed by atoms with Gasteiger partial charge in [-0.3, -0.25) is 8.98 Å². The van der Waals surface area contributed by atoms with E-state index < -0.39 is 38.0 Å². The number of hydrogen-bond acceptors (Lipinski definition) is 7. The molecule has 3 aliphatic rings. The average molecular weight is 416 g/mol. The molecule has 0 aromatic carbocycles. The summed E-state index contributed by atoms with van der Waals surface area (Å²) >= 11 is 0. The highest BCUT2D eigenvalue weighted by molar-refractivity contribution is 7.87. The monoisotopic (exact) mass is 415 g/mol. The Labute approximate surface area is 166 Å². The minimum atomic E-state index is -3.65. The first-order valence-corrected chi connectivity index (χ1v) is 10.9. The zero-order valence-electron chi connectivity index (χ0n) is 17.0. The van der Waals surface area contributed by atoms with Crippen LogP contribution in [0.3, 0.4) is 0 Å². The third kappa shape index (κ3) is 2.74. The van der Waals surface area contributed by atoms with Gasteiger partial charge in [0.2, 0.25) is 5.91 Å². The maximum absolute atomic E-state index is 12.5. The van der Waals surface area contributed by atoms with Crippen molar-refractivity contribution in [3.8, 4) is 0 Å². The molecule has 0 aromatic rings. The number of hydrogen-bond donors (Lipinski definition) is 1. The Hall–Kier alpha value is -1.45. The fourth-order valence-corrected chi connectivity index (χ4v) is 7.83. The molecule has 158 valence electrons. The fraction of sp³-hybridized carbons (Fsp3) is 0.789. The second-order valence-electron chi connectivity index (χ2n) is 8.74. The van der Waals surface area contributed by atoms with Crippen LogP contribution in [-0.2, 0) is 33.4 Å². The highest BCUT2D eigenvalue weighted by Crippen LogP contribution is 2.74. The summed E-state index contributed by atoms with van der Waals surface area (Å²) in [6, 6.07) is 0. The molecule has 0 spiro atoms. The summed E-state index contributed by atoms with van der Waals surface area (Å²) in [6.07, 6.45) is 0.454. The number of carbonyl (C=O) groups excluding carboxylic acids is 2. The summed E-state index contributed by atoms with van der Waals surface area (Å²) in [5.41, 5.74) is -2.02. The first kappa shape index (κ1) is 21.3. The van der Waals surface area contributed by atoms with Gasteiger partial charge in [-0.25, -0.2) is 4.79 Å². The Morgan fingerprint density at radius 1 is 1.29 bits per heavy atom. The topological polar surface area (TPSA) is 108 Å². The largest absolute Gasteiger partial charge is 0.462 e. The zero-order chi connectivity index (χ0) is 21.1. The molecule has 1 saturated heterocycles. The molecular weight excluding hydrogens is 386 g/mol. The first-order chi connectivity index (χ1) is 12.8. The minimum Gasteiger partial charge on any atom is -0.462 e. The summed E-state index contributed by atoms with van der Waals surface area (Å²) in [6.45, 7) is 12.6. The van der Waals surface area contributed by atoms with Crippen molar-refractivity contribution >= 4 is 22.0 Å². The Kier molecular flexibility index (Phi) is 4.96. The molecule has 9 heteroatoms. The van der Waals surface area contributed by atoms with Crippen LogP contribution in [0.5, 0.6) is 0 Å². The number of esters is 1. The summed E-state index contributed by atoms with van der Waals surface area (Å²) in [5, 5.41) is 2.05. The van der Waals surface area contributed by atoms with Crippen molar-refractivity contribution in [2.45, 2.75) is 57.5 Å². The number of carbonyl (C=O) groups is 2. The van der Waals surface area contributed by atoms with Crippen molar-refractivity contribution in [1.29, 1.82) is 0 Å². The maximum Gasteiger partial charge on any atom is 0.332 e. The van der Waals surface area contributed by atoms with E-state index in [2.05, 4.69) is 11.9 Å². The molecule has 0 radical (unpaired) electrons. The van der Waals surface area contributed by atoms with Gasteiger partial charge in [-0.1, -0.05) is 20.4 Å². The van der Waals surface area contributed by atoms with Gasteiger partial charge in [-0.05, 0) is 33.1 Å². The second kappa shape index (κ2) is 6.53. The summed E-state index contributed by atoms with van der Waals surface area (Å²) in [5.74, 6) is -0.962. The lowest BCUT2D eigenvalue weighted by Gasteiger charge is -2.48. The lowest BCUT2D eigenvalue weighted by molar-refractivity contribution is -0.201. The number of ether oxygens (including phenoxy) is 2. The molecule has 0 aromatic heterocycles. The highest BCUT2D eigenvalue weighted by Gasteiger charge is 2.83. The van der Waals surface area contributed by atoms with Crippen molar-refractivity contribution < 1.29 is 31.7 Å². The van der Waals surface area contributed by atoms with E-state index in [4.69, 9.17) is 13.7 Å². The molecule has 8 nitrogen and oxygen atoms in total. The number of nitrogens with one attached hydrogen (secondary N) is 1. The van der Waals surface area contributed by atoms with E-state index in [1.165, 1.54) is 0 Å². The van der Waals surface area contributed by atoms with Gasteiger partial charge in [0.15, 0.2) is 0 Å². The van der Waals surface area contributed by atoms with E-state index in [0.717, 1.165) is 0 Å². The first-order valence-electron chi connectivity index (χ1n) is 9.48. The van der Waals surface area contributed by atoms with Crippen LogP contribution in [0.4, 0.5) is 0 Å². The second-order valence-corrected chi connectivity index (χ2v) is 10.5. The standard InChI is InChI=1S/C19H29NO7S/c1-11(2)16(22)20-7-8-25-14(21)10-26-19(6)17(4)9-13-15(12(17)3)18(19,5)27-28(13,23)24/h12-13,15H,1,7-10H2,2-6H3,(H,20,22). The van der Waals surface area contributed by atoms with Crippen LogP contribution < -0.4 is 5.32 Å². The zero-order valence-corrected chi connectivity index (χ0v) is 17.9. The van der Waals surface area contributed by atoms with Crippen molar-refractivity contribution in [3.05, 3.63) is 12.2 Å². The Morgan fingerprint density at radius 2 is 1.93 bits per heavy atom. The molecule has 3 rings (SSSR count). The van der Waals surface area contributed by atoms with Crippen molar-refractivity contribution in [2.75, 3.05) is 19.8 Å². The molecule has 1 amide bonds. The van der Waals surface area contributed by atoms with Crippen molar-refractivity contribution in [1.82, 2.24) is 5.32 Å². The third-order valence-corrected chi connectivity index (χ3v) is 9.20. The van der Waals surface area contributed by atoms with E-state index in [9.17, 15) is 18.0 Å². The lowest BCUT2D eigenvalue weighted by Crippen LogP contribution is -2.60. The molecule has 2 bridgehead atoms. The third-order valence-electron chi connectivity index (χ3n) is 7.42. The quantitative estimate of drug-likeness (QED) is 0.288. The molecule has 1 aliphatic heterocycles. The highest BCUT2D eigenvalue weighted by atomic mass is 32.2. The molecule has 6 atom stereocenters. The van der Waals surface area contributed by atoms with Crippen molar-refractivity contribution in [3.63, 3.8) is 0 Å². The summed E-state index contributed by atoms with van der Waals surface area (Å²) < 4.78 is 41.7. The van der Waals surface area contributed by atoms with Crippen LogP contribution in [0.15, 0.2) is 12.2 Å². The summed E-state index contributed by atoms with van der Waals surface area (Å²) in [4.78, 5) is 23.5. The number of amides is 1. The van der Waals surface area contributed by atoms with Gasteiger partial charge in [0.05, 0.1) is 11.8 Å². The molecule has 1 heterocycles. The predicted octanol–water partition coefficient (Wildman–Crippen LogP) is 1.16. The minimum absolute atomic E-state index is 0.0123. The van der Waals surface area contributed by atoms with Gasteiger partial charge in [0.1, 0.15) is 24.4 Å². The van der Waals surface area contributed by atoms with Crippen LogP contribution >= 0.6 is 0 Å². The van der Waals surface area contributed by atoms with Gasteiger partial charge in [0, 0.05) is 16.9 Å². The van der Waals surface area contributed by atoms with Crippen LogP contribution in [0.2, 0.25) is 0 Å². The van der Waals surface area contributed by atoms with Gasteiger partial charge in [-0.15, -0.1) is 0 Å². The molecular formula is C19H29NO7S. The van der Waals surface area contributed by atoms with E-state index in [-0.39, 0.29) is 37.5 Å². The Balaban J connectivity index is 1.62. The van der Waals surface area contributed by atoms with E-state index >= 15 is 0 Å².